The first-order valence-electron chi connectivity index (χ1n) is 3.25. The second-order valence-electron chi connectivity index (χ2n) is 2.32. The summed E-state index contributed by atoms with van der Waals surface area (Å²) in [6.45, 7) is 0.633. The molecule has 0 heterocycles. The molecule has 0 saturated heterocycles. The van der Waals surface area contributed by atoms with Crippen molar-refractivity contribution in [2.75, 3.05) is 13.2 Å². The van der Waals surface area contributed by atoms with Gasteiger partial charge in [0.05, 0.1) is 13.2 Å². The molecule has 0 aromatic heterocycles. The van der Waals surface area contributed by atoms with Gasteiger partial charge in [-0.1, -0.05) is 6.92 Å². The largest absolute Gasteiger partial charge is 0.396 e. The van der Waals surface area contributed by atoms with E-state index >= 15 is 0 Å². The highest BCUT2D eigenvalue weighted by Crippen LogP contribution is 2.16. The summed E-state index contributed by atoms with van der Waals surface area (Å²) in [5.74, 6) is -2.80. The third kappa shape index (κ3) is 2.22. The molecule has 0 amide bonds. The summed E-state index contributed by atoms with van der Waals surface area (Å²) in [5.41, 5.74) is 0. The summed E-state index contributed by atoms with van der Waals surface area (Å²) in [6.07, 6.45) is 0.421. The second-order valence-corrected chi connectivity index (χ2v) is 2.32. The summed E-state index contributed by atoms with van der Waals surface area (Å²) in [6, 6.07) is 0. The highest BCUT2D eigenvalue weighted by molar-refractivity contribution is 4.72. The van der Waals surface area contributed by atoms with Crippen LogP contribution in [-0.2, 0) is 0 Å². The SMILES string of the molecule is CCC(CO)C(O)(O)CO. The van der Waals surface area contributed by atoms with Crippen LogP contribution in [0.3, 0.4) is 0 Å². The Morgan fingerprint density at radius 1 is 1.30 bits per heavy atom. The quantitative estimate of drug-likeness (QED) is 0.375. The van der Waals surface area contributed by atoms with Gasteiger partial charge in [0.15, 0.2) is 5.79 Å². The fourth-order valence-electron chi connectivity index (χ4n) is 0.731. The third-order valence-electron chi connectivity index (χ3n) is 1.60. The molecule has 4 N–H and O–H groups in total. The maximum atomic E-state index is 8.93. The first-order chi connectivity index (χ1) is 4.58. The molecule has 10 heavy (non-hydrogen) atoms. The molecule has 0 aliphatic carbocycles. The normalized spacial score (nSPS) is 15.3. The Hall–Kier alpha value is -0.160. The maximum absolute atomic E-state index is 8.93. The minimum Gasteiger partial charge on any atom is -0.396 e. The van der Waals surface area contributed by atoms with Crippen molar-refractivity contribution in [3.8, 4) is 0 Å². The molecular weight excluding hydrogens is 136 g/mol. The summed E-state index contributed by atoms with van der Waals surface area (Å²) < 4.78 is 0. The van der Waals surface area contributed by atoms with Crippen LogP contribution in [-0.4, -0.2) is 39.4 Å². The molecule has 0 saturated carbocycles. The molecule has 1 atom stereocenters. The van der Waals surface area contributed by atoms with Crippen molar-refractivity contribution in [2.45, 2.75) is 19.1 Å². The molecule has 0 aliphatic rings. The van der Waals surface area contributed by atoms with E-state index in [0.717, 1.165) is 0 Å². The van der Waals surface area contributed by atoms with Crippen LogP contribution in [0.1, 0.15) is 13.3 Å². The van der Waals surface area contributed by atoms with Crippen LogP contribution in [0.4, 0.5) is 0 Å². The Kier molecular flexibility index (Phi) is 3.81. The van der Waals surface area contributed by atoms with E-state index in [0.29, 0.717) is 6.42 Å². The Bertz CT molecular complexity index is 87.7. The molecule has 0 spiro atoms. The minimum absolute atomic E-state index is 0.329. The van der Waals surface area contributed by atoms with Crippen molar-refractivity contribution < 1.29 is 20.4 Å². The Morgan fingerprint density at radius 2 is 1.80 bits per heavy atom. The zero-order valence-corrected chi connectivity index (χ0v) is 5.99. The molecule has 62 valence electrons. The van der Waals surface area contributed by atoms with Gasteiger partial charge in [0.25, 0.3) is 0 Å². The van der Waals surface area contributed by atoms with Gasteiger partial charge in [-0.25, -0.2) is 0 Å². The summed E-state index contributed by atoms with van der Waals surface area (Å²) in [7, 11) is 0. The van der Waals surface area contributed by atoms with Crippen LogP contribution >= 0.6 is 0 Å². The zero-order chi connectivity index (χ0) is 8.20. The number of aliphatic hydroxyl groups is 4. The fourth-order valence-corrected chi connectivity index (χ4v) is 0.731. The number of rotatable bonds is 4. The van der Waals surface area contributed by atoms with Crippen molar-refractivity contribution >= 4 is 0 Å². The van der Waals surface area contributed by atoms with Gasteiger partial charge in [-0.3, -0.25) is 0 Å². The average molecular weight is 150 g/mol. The van der Waals surface area contributed by atoms with Crippen LogP contribution < -0.4 is 0 Å². The smallest absolute Gasteiger partial charge is 0.191 e. The van der Waals surface area contributed by atoms with E-state index in [1.165, 1.54) is 0 Å². The van der Waals surface area contributed by atoms with E-state index < -0.39 is 18.3 Å². The highest BCUT2D eigenvalue weighted by atomic mass is 16.5. The first kappa shape index (κ1) is 9.84. The lowest BCUT2D eigenvalue weighted by Gasteiger charge is -2.26. The van der Waals surface area contributed by atoms with Crippen molar-refractivity contribution in [1.82, 2.24) is 0 Å². The van der Waals surface area contributed by atoms with Crippen LogP contribution in [0.25, 0.3) is 0 Å². The van der Waals surface area contributed by atoms with Gasteiger partial charge < -0.3 is 20.4 Å². The lowest BCUT2D eigenvalue weighted by Crippen LogP contribution is -2.42. The van der Waals surface area contributed by atoms with E-state index in [9.17, 15) is 0 Å². The monoisotopic (exact) mass is 150 g/mol. The average Bonchev–Trinajstić information content (AvgIpc) is 1.90. The topological polar surface area (TPSA) is 80.9 Å². The summed E-state index contributed by atoms with van der Waals surface area (Å²) >= 11 is 0. The molecule has 0 rings (SSSR count). The van der Waals surface area contributed by atoms with Gasteiger partial charge in [0, 0.05) is 5.92 Å². The summed E-state index contributed by atoms with van der Waals surface area (Å²) in [4.78, 5) is 0. The number of aliphatic hydroxyl groups excluding tert-OH is 2. The standard InChI is InChI=1S/C6H14O4/c1-2-5(3-7)6(9,10)4-8/h5,7-10H,2-4H2,1H3. The van der Waals surface area contributed by atoms with Crippen LogP contribution in [0.5, 0.6) is 0 Å². The molecular formula is C6H14O4. The first-order valence-corrected chi connectivity index (χ1v) is 3.25. The predicted molar refractivity (Wildman–Crippen MR) is 35.1 cm³/mol. The van der Waals surface area contributed by atoms with Crippen molar-refractivity contribution in [1.29, 1.82) is 0 Å². The molecule has 4 nitrogen and oxygen atoms in total. The molecule has 0 aromatic carbocycles. The molecule has 0 fully saturated rings. The molecule has 0 aliphatic heterocycles. The van der Waals surface area contributed by atoms with Crippen molar-refractivity contribution in [3.05, 3.63) is 0 Å². The van der Waals surface area contributed by atoms with Crippen molar-refractivity contribution in [2.24, 2.45) is 5.92 Å². The molecule has 4 heteroatoms. The van der Waals surface area contributed by atoms with Gasteiger partial charge >= 0.3 is 0 Å². The van der Waals surface area contributed by atoms with Crippen LogP contribution in [0.2, 0.25) is 0 Å². The lowest BCUT2D eigenvalue weighted by molar-refractivity contribution is -0.229. The van der Waals surface area contributed by atoms with Crippen LogP contribution in [0.15, 0.2) is 0 Å². The van der Waals surface area contributed by atoms with Gasteiger partial charge in [0.2, 0.25) is 0 Å². The molecule has 1 unspecified atom stereocenters. The van der Waals surface area contributed by atoms with E-state index in [2.05, 4.69) is 0 Å². The Balaban J connectivity index is 3.97. The van der Waals surface area contributed by atoms with E-state index in [4.69, 9.17) is 20.4 Å². The van der Waals surface area contributed by atoms with Gasteiger partial charge in [-0.2, -0.15) is 0 Å². The minimum atomic E-state index is -2.14. The molecule has 0 aromatic rings. The van der Waals surface area contributed by atoms with Gasteiger partial charge in [0.1, 0.15) is 0 Å². The molecule has 0 radical (unpaired) electrons. The second kappa shape index (κ2) is 3.88. The maximum Gasteiger partial charge on any atom is 0.191 e. The fraction of sp³-hybridized carbons (Fsp3) is 1.00. The Labute approximate surface area is 59.7 Å². The highest BCUT2D eigenvalue weighted by Gasteiger charge is 2.31. The zero-order valence-electron chi connectivity index (χ0n) is 5.99. The predicted octanol–water partition coefficient (Wildman–Crippen LogP) is -1.32. The lowest BCUT2D eigenvalue weighted by atomic mass is 9.98. The van der Waals surface area contributed by atoms with Gasteiger partial charge in [-0.05, 0) is 6.42 Å². The number of hydrogen-bond donors (Lipinski definition) is 4. The van der Waals surface area contributed by atoms with Crippen LogP contribution in [0, 0.1) is 5.92 Å². The third-order valence-corrected chi connectivity index (χ3v) is 1.60. The van der Waals surface area contributed by atoms with E-state index in [-0.39, 0.29) is 6.61 Å². The number of hydrogen-bond acceptors (Lipinski definition) is 4. The van der Waals surface area contributed by atoms with Gasteiger partial charge in [-0.15, -0.1) is 0 Å². The van der Waals surface area contributed by atoms with E-state index in [1.54, 1.807) is 6.92 Å². The summed E-state index contributed by atoms with van der Waals surface area (Å²) in [5, 5.41) is 34.8. The van der Waals surface area contributed by atoms with Crippen molar-refractivity contribution in [3.63, 3.8) is 0 Å². The van der Waals surface area contributed by atoms with E-state index in [1.807, 2.05) is 0 Å². The molecule has 0 bridgehead atoms. The Morgan fingerprint density at radius 3 is 1.90 bits per heavy atom.